The van der Waals surface area contributed by atoms with Gasteiger partial charge in [-0.25, -0.2) is 9.78 Å². The van der Waals surface area contributed by atoms with Crippen molar-refractivity contribution in [3.8, 4) is 0 Å². The Morgan fingerprint density at radius 1 is 1.55 bits per heavy atom. The first-order valence-corrected chi connectivity index (χ1v) is 7.17. The number of carboxylic acids is 1. The van der Waals surface area contributed by atoms with Crippen molar-refractivity contribution in [2.24, 2.45) is 0 Å². The van der Waals surface area contributed by atoms with Crippen LogP contribution in [0.25, 0.3) is 0 Å². The lowest BCUT2D eigenvalue weighted by Gasteiger charge is -2.00. The van der Waals surface area contributed by atoms with Gasteiger partial charge in [-0.3, -0.25) is 9.82 Å². The summed E-state index contributed by atoms with van der Waals surface area (Å²) in [6, 6.07) is 1.09. The highest BCUT2D eigenvalue weighted by Gasteiger charge is 2.21. The maximum atomic E-state index is 12.1. The van der Waals surface area contributed by atoms with Crippen LogP contribution in [-0.2, 0) is 16.6 Å². The molecule has 9 nitrogen and oxygen atoms in total. The lowest BCUT2D eigenvalue weighted by atomic mass is 10.4. The zero-order valence-corrected chi connectivity index (χ0v) is 11.6. The summed E-state index contributed by atoms with van der Waals surface area (Å²) < 4.78 is 28.0. The molecule has 20 heavy (non-hydrogen) atoms. The SMILES string of the molecule is CCn1cc(S(=O)(=O)Nc2cc(C(=O)O)[nH]n2)nc1C. The molecule has 0 aromatic carbocycles. The summed E-state index contributed by atoms with van der Waals surface area (Å²) in [5, 5.41) is 14.4. The maximum Gasteiger partial charge on any atom is 0.353 e. The molecule has 0 aliphatic carbocycles. The Hall–Kier alpha value is -2.36. The first-order chi connectivity index (χ1) is 9.33. The summed E-state index contributed by atoms with van der Waals surface area (Å²) in [6.45, 7) is 4.16. The molecule has 0 bridgehead atoms. The van der Waals surface area contributed by atoms with Gasteiger partial charge in [0, 0.05) is 18.8 Å². The van der Waals surface area contributed by atoms with Crippen molar-refractivity contribution in [2.75, 3.05) is 4.72 Å². The van der Waals surface area contributed by atoms with Gasteiger partial charge in [-0.15, -0.1) is 0 Å². The molecule has 2 heterocycles. The third-order valence-electron chi connectivity index (χ3n) is 2.62. The molecule has 0 spiro atoms. The normalized spacial score (nSPS) is 11.5. The number of nitrogens with one attached hydrogen (secondary N) is 2. The molecule has 10 heteroatoms. The Balaban J connectivity index is 2.27. The molecular weight excluding hydrogens is 286 g/mol. The Morgan fingerprint density at radius 3 is 2.75 bits per heavy atom. The Morgan fingerprint density at radius 2 is 2.25 bits per heavy atom. The minimum absolute atomic E-state index is 0.105. The van der Waals surface area contributed by atoms with Gasteiger partial charge in [0.15, 0.2) is 10.8 Å². The molecule has 0 radical (unpaired) electrons. The molecule has 0 saturated heterocycles. The molecule has 0 aliphatic rings. The average molecular weight is 299 g/mol. The number of nitrogens with zero attached hydrogens (tertiary/aromatic N) is 3. The number of aromatic carboxylic acids is 1. The monoisotopic (exact) mass is 299 g/mol. The van der Waals surface area contributed by atoms with Crippen molar-refractivity contribution in [3.05, 3.63) is 23.8 Å². The molecule has 0 fully saturated rings. The zero-order valence-electron chi connectivity index (χ0n) is 10.8. The van der Waals surface area contributed by atoms with E-state index >= 15 is 0 Å². The molecule has 0 aliphatic heterocycles. The van der Waals surface area contributed by atoms with Crippen LogP contribution in [0.2, 0.25) is 0 Å². The summed E-state index contributed by atoms with van der Waals surface area (Å²) in [5.41, 5.74) is -0.210. The summed E-state index contributed by atoms with van der Waals surface area (Å²) in [5.74, 6) is -0.763. The second kappa shape index (κ2) is 4.96. The van der Waals surface area contributed by atoms with Gasteiger partial charge in [0.1, 0.15) is 11.5 Å². The van der Waals surface area contributed by atoms with Crippen LogP contribution in [0.5, 0.6) is 0 Å². The molecule has 0 amide bonds. The topological polar surface area (TPSA) is 130 Å². The number of anilines is 1. The fourth-order valence-electron chi connectivity index (χ4n) is 1.60. The zero-order chi connectivity index (χ0) is 14.9. The number of aromatic amines is 1. The second-order valence-electron chi connectivity index (χ2n) is 3.99. The fourth-order valence-corrected chi connectivity index (χ4v) is 2.61. The van der Waals surface area contributed by atoms with Gasteiger partial charge in [-0.1, -0.05) is 0 Å². The summed E-state index contributed by atoms with van der Waals surface area (Å²) in [6.07, 6.45) is 1.41. The third kappa shape index (κ3) is 2.64. The van der Waals surface area contributed by atoms with E-state index in [1.165, 1.54) is 6.20 Å². The second-order valence-corrected chi connectivity index (χ2v) is 5.62. The van der Waals surface area contributed by atoms with Crippen molar-refractivity contribution in [3.63, 3.8) is 0 Å². The van der Waals surface area contributed by atoms with E-state index in [1.54, 1.807) is 11.5 Å². The van der Waals surface area contributed by atoms with Gasteiger partial charge in [0.05, 0.1) is 0 Å². The molecule has 0 atom stereocenters. The number of H-pyrrole nitrogens is 1. The van der Waals surface area contributed by atoms with E-state index < -0.39 is 16.0 Å². The number of hydrogen-bond acceptors (Lipinski definition) is 5. The molecule has 108 valence electrons. The Bertz CT molecular complexity index is 746. The van der Waals surface area contributed by atoms with Crippen molar-refractivity contribution in [1.82, 2.24) is 19.7 Å². The smallest absolute Gasteiger partial charge is 0.353 e. The van der Waals surface area contributed by atoms with Crippen LogP contribution in [0.3, 0.4) is 0 Å². The van der Waals surface area contributed by atoms with Crippen LogP contribution >= 0.6 is 0 Å². The predicted molar refractivity (Wildman–Crippen MR) is 69.0 cm³/mol. The molecule has 2 aromatic heterocycles. The minimum Gasteiger partial charge on any atom is -0.477 e. The van der Waals surface area contributed by atoms with Crippen molar-refractivity contribution in [1.29, 1.82) is 0 Å². The molecule has 2 rings (SSSR count). The summed E-state index contributed by atoms with van der Waals surface area (Å²) in [7, 11) is -3.89. The van der Waals surface area contributed by atoms with E-state index in [0.29, 0.717) is 12.4 Å². The van der Waals surface area contributed by atoms with Gasteiger partial charge in [0.25, 0.3) is 10.0 Å². The summed E-state index contributed by atoms with van der Waals surface area (Å²) >= 11 is 0. The molecular formula is C10H13N5O4S. The highest BCUT2D eigenvalue weighted by atomic mass is 32.2. The van der Waals surface area contributed by atoms with Gasteiger partial charge >= 0.3 is 5.97 Å². The Kier molecular flexibility index (Phi) is 3.49. The quantitative estimate of drug-likeness (QED) is 0.734. The van der Waals surface area contributed by atoms with Gasteiger partial charge in [-0.2, -0.15) is 13.5 Å². The van der Waals surface area contributed by atoms with Gasteiger partial charge in [0.2, 0.25) is 0 Å². The standard InChI is InChI=1S/C10H13N5O4S/c1-3-15-5-9(11-6(15)2)20(18,19)14-8-4-7(10(16)17)12-13-8/h4-5H,3H2,1-2H3,(H,16,17)(H2,12,13,14). The first-order valence-electron chi connectivity index (χ1n) is 5.68. The highest BCUT2D eigenvalue weighted by Crippen LogP contribution is 2.14. The molecule has 2 aromatic rings. The Labute approximate surface area is 114 Å². The van der Waals surface area contributed by atoms with Crippen LogP contribution in [-0.4, -0.2) is 39.2 Å². The van der Waals surface area contributed by atoms with Crippen molar-refractivity contribution in [2.45, 2.75) is 25.4 Å². The van der Waals surface area contributed by atoms with Crippen LogP contribution in [0, 0.1) is 6.92 Å². The number of aromatic nitrogens is 4. The summed E-state index contributed by atoms with van der Waals surface area (Å²) in [4.78, 5) is 14.6. The highest BCUT2D eigenvalue weighted by molar-refractivity contribution is 7.92. The molecule has 0 saturated carbocycles. The molecule has 3 N–H and O–H groups in total. The van der Waals surface area contributed by atoms with Gasteiger partial charge in [-0.05, 0) is 13.8 Å². The lowest BCUT2D eigenvalue weighted by Crippen LogP contribution is -2.13. The largest absolute Gasteiger partial charge is 0.477 e. The van der Waals surface area contributed by atoms with E-state index in [1.807, 2.05) is 6.92 Å². The lowest BCUT2D eigenvalue weighted by molar-refractivity contribution is 0.0690. The minimum atomic E-state index is -3.89. The van der Waals surface area contributed by atoms with Gasteiger partial charge < -0.3 is 9.67 Å². The number of rotatable bonds is 5. The first kappa shape index (κ1) is 14.1. The van der Waals surface area contributed by atoms with Crippen molar-refractivity contribution < 1.29 is 18.3 Å². The molecule has 0 unspecified atom stereocenters. The van der Waals surface area contributed by atoms with Crippen LogP contribution < -0.4 is 4.72 Å². The van der Waals surface area contributed by atoms with E-state index in [9.17, 15) is 13.2 Å². The predicted octanol–water partition coefficient (Wildman–Crippen LogP) is 0.434. The third-order valence-corrected chi connectivity index (χ3v) is 3.84. The number of carboxylic acid groups (broad SMARTS) is 1. The number of carbonyl (C=O) groups is 1. The van der Waals surface area contributed by atoms with E-state index in [2.05, 4.69) is 19.9 Å². The number of imidazole rings is 1. The van der Waals surface area contributed by atoms with Crippen LogP contribution in [0.15, 0.2) is 17.3 Å². The number of sulfonamides is 1. The van der Waals surface area contributed by atoms with E-state index in [0.717, 1.165) is 6.07 Å². The van der Waals surface area contributed by atoms with Crippen molar-refractivity contribution >= 4 is 21.8 Å². The average Bonchev–Trinajstić information content (AvgIpc) is 2.95. The fraction of sp³-hybridized carbons (Fsp3) is 0.300. The van der Waals surface area contributed by atoms with Crippen LogP contribution in [0.1, 0.15) is 23.2 Å². The van der Waals surface area contributed by atoms with Crippen LogP contribution in [0.4, 0.5) is 5.82 Å². The van der Waals surface area contributed by atoms with E-state index in [4.69, 9.17) is 5.11 Å². The number of aryl methyl sites for hydroxylation is 2. The maximum absolute atomic E-state index is 12.1. The number of hydrogen-bond donors (Lipinski definition) is 3. The van der Waals surface area contributed by atoms with E-state index in [-0.39, 0.29) is 16.5 Å².